The molecule has 0 saturated heterocycles. The Bertz CT molecular complexity index is 1160. The third-order valence-electron chi connectivity index (χ3n) is 5.33. The van der Waals surface area contributed by atoms with E-state index >= 15 is 0 Å². The number of hydrogen-bond acceptors (Lipinski definition) is 5. The van der Waals surface area contributed by atoms with E-state index in [4.69, 9.17) is 21.0 Å². The monoisotopic (exact) mass is 421 g/mol. The van der Waals surface area contributed by atoms with E-state index < -0.39 is 0 Å². The highest BCUT2D eigenvalue weighted by Crippen LogP contribution is 2.43. The molecule has 3 aromatic rings. The van der Waals surface area contributed by atoms with Crippen molar-refractivity contribution in [2.45, 2.75) is 32.9 Å². The molecule has 154 valence electrons. The molecule has 7 heteroatoms. The third kappa shape index (κ3) is 3.14. The van der Waals surface area contributed by atoms with Crippen molar-refractivity contribution in [3.8, 4) is 40.8 Å². The van der Waals surface area contributed by atoms with Gasteiger partial charge in [-0.3, -0.25) is 4.79 Å². The van der Waals surface area contributed by atoms with Crippen molar-refractivity contribution >= 4 is 17.2 Å². The quantitative estimate of drug-likeness (QED) is 0.590. The zero-order chi connectivity index (χ0) is 21.6. The molecule has 0 atom stereocenters. The minimum Gasteiger partial charge on any atom is -0.495 e. The second kappa shape index (κ2) is 7.22. The van der Waals surface area contributed by atoms with Crippen molar-refractivity contribution in [3.05, 3.63) is 45.8 Å². The molecule has 0 fully saturated rings. The van der Waals surface area contributed by atoms with E-state index in [1.807, 2.05) is 48.3 Å². The molecular formula is C23H23N3O3S. The molecule has 0 spiro atoms. The van der Waals surface area contributed by atoms with Crippen LogP contribution in [0.1, 0.15) is 42.4 Å². The highest BCUT2D eigenvalue weighted by molar-refractivity contribution is 7.08. The summed E-state index contributed by atoms with van der Waals surface area (Å²) in [6.45, 7) is 6.21. The van der Waals surface area contributed by atoms with Crippen LogP contribution in [-0.4, -0.2) is 40.3 Å². The number of methoxy groups -OCH3 is 1. The molecule has 2 aromatic heterocycles. The van der Waals surface area contributed by atoms with Gasteiger partial charge in [0.15, 0.2) is 5.69 Å². The van der Waals surface area contributed by atoms with Crippen molar-refractivity contribution in [1.82, 2.24) is 14.7 Å². The summed E-state index contributed by atoms with van der Waals surface area (Å²) in [7, 11) is 3.36. The lowest BCUT2D eigenvalue weighted by Crippen LogP contribution is -2.43. The van der Waals surface area contributed by atoms with Crippen LogP contribution in [-0.2, 0) is 6.61 Å². The number of carbonyl (C=O) groups excluding carboxylic acids is 1. The van der Waals surface area contributed by atoms with Gasteiger partial charge in [0.2, 0.25) is 0 Å². The van der Waals surface area contributed by atoms with Crippen LogP contribution in [0.3, 0.4) is 0 Å². The molecule has 1 aliphatic heterocycles. The number of nitrogens with zero attached hydrogens (tertiary/aromatic N) is 3. The van der Waals surface area contributed by atoms with Gasteiger partial charge in [-0.15, -0.1) is 6.42 Å². The first-order chi connectivity index (χ1) is 14.3. The van der Waals surface area contributed by atoms with E-state index in [1.54, 1.807) is 36.5 Å². The summed E-state index contributed by atoms with van der Waals surface area (Å²) in [5, 5.41) is 8.71. The minimum absolute atomic E-state index is 0.148. The van der Waals surface area contributed by atoms with E-state index in [0.29, 0.717) is 22.8 Å². The number of thiophene rings is 1. The highest BCUT2D eigenvalue weighted by atomic mass is 32.1. The maximum Gasteiger partial charge on any atom is 0.274 e. The van der Waals surface area contributed by atoms with E-state index in [1.165, 1.54) is 0 Å². The smallest absolute Gasteiger partial charge is 0.274 e. The van der Waals surface area contributed by atoms with Crippen molar-refractivity contribution in [3.63, 3.8) is 0 Å². The van der Waals surface area contributed by atoms with Crippen LogP contribution in [0.25, 0.3) is 16.9 Å². The standard InChI is InChI=1S/C23H23N3O3S/c1-7-14-10-16-19(11-18(14)28-6)29-12-17-20(22(27)25(5)23(2,3)4)24-26(21(16)17)15-8-9-30-13-15/h1,8-11,13H,12H2,2-6H3. The number of benzene rings is 1. The Morgan fingerprint density at radius 1 is 1.40 bits per heavy atom. The molecule has 0 bridgehead atoms. The van der Waals surface area contributed by atoms with Crippen molar-refractivity contribution < 1.29 is 14.3 Å². The SMILES string of the molecule is C#Cc1cc2c(cc1OC)OCc1c(C(=O)N(C)C(C)(C)C)nn(-c3ccsc3)c1-2. The molecule has 6 nitrogen and oxygen atoms in total. The molecule has 30 heavy (non-hydrogen) atoms. The van der Waals surface area contributed by atoms with E-state index in [9.17, 15) is 4.79 Å². The first-order valence-electron chi connectivity index (χ1n) is 9.50. The van der Waals surface area contributed by atoms with Crippen LogP contribution in [0.5, 0.6) is 11.5 Å². The first-order valence-corrected chi connectivity index (χ1v) is 10.4. The summed E-state index contributed by atoms with van der Waals surface area (Å²) in [6, 6.07) is 5.63. The molecule has 1 aliphatic rings. The summed E-state index contributed by atoms with van der Waals surface area (Å²) in [4.78, 5) is 15.0. The molecule has 0 saturated carbocycles. The lowest BCUT2D eigenvalue weighted by Gasteiger charge is -2.31. The second-order valence-electron chi connectivity index (χ2n) is 8.09. The van der Waals surface area contributed by atoms with Gasteiger partial charge < -0.3 is 14.4 Å². The fraction of sp³-hybridized carbons (Fsp3) is 0.304. The lowest BCUT2D eigenvalue weighted by atomic mass is 9.98. The van der Waals surface area contributed by atoms with Crippen LogP contribution < -0.4 is 9.47 Å². The van der Waals surface area contributed by atoms with Crippen LogP contribution >= 0.6 is 11.3 Å². The molecular weight excluding hydrogens is 398 g/mol. The fourth-order valence-corrected chi connectivity index (χ4v) is 3.98. The van der Waals surface area contributed by atoms with Crippen LogP contribution in [0.2, 0.25) is 0 Å². The number of hydrogen-bond donors (Lipinski definition) is 0. The van der Waals surface area contributed by atoms with Gasteiger partial charge >= 0.3 is 0 Å². The van der Waals surface area contributed by atoms with Crippen molar-refractivity contribution in [1.29, 1.82) is 0 Å². The van der Waals surface area contributed by atoms with E-state index in [-0.39, 0.29) is 18.1 Å². The molecule has 0 unspecified atom stereocenters. The van der Waals surface area contributed by atoms with Crippen LogP contribution in [0, 0.1) is 12.3 Å². The molecule has 1 aromatic carbocycles. The number of amides is 1. The zero-order valence-corrected chi connectivity index (χ0v) is 18.5. The average molecular weight is 422 g/mol. The predicted molar refractivity (Wildman–Crippen MR) is 118 cm³/mol. The van der Waals surface area contributed by atoms with Crippen molar-refractivity contribution in [2.75, 3.05) is 14.2 Å². The zero-order valence-electron chi connectivity index (χ0n) is 17.6. The van der Waals surface area contributed by atoms with E-state index in [0.717, 1.165) is 22.5 Å². The Labute approximate surface area is 180 Å². The Hall–Kier alpha value is -3.24. The average Bonchev–Trinajstić information content (AvgIpc) is 3.38. The van der Waals surface area contributed by atoms with E-state index in [2.05, 4.69) is 5.92 Å². The summed E-state index contributed by atoms with van der Waals surface area (Å²) in [6.07, 6.45) is 5.70. The van der Waals surface area contributed by atoms with Crippen LogP contribution in [0.15, 0.2) is 29.0 Å². The molecule has 0 N–H and O–H groups in total. The largest absolute Gasteiger partial charge is 0.495 e. The topological polar surface area (TPSA) is 56.6 Å². The number of carbonyl (C=O) groups is 1. The van der Waals surface area contributed by atoms with Crippen LogP contribution in [0.4, 0.5) is 0 Å². The number of ether oxygens (including phenoxy) is 2. The van der Waals surface area contributed by atoms with Gasteiger partial charge in [-0.05, 0) is 38.3 Å². The molecule has 0 radical (unpaired) electrons. The Balaban J connectivity index is 1.97. The van der Waals surface area contributed by atoms with Gasteiger partial charge in [-0.2, -0.15) is 16.4 Å². The first kappa shape index (κ1) is 20.0. The van der Waals surface area contributed by atoms with Gasteiger partial charge in [0.1, 0.15) is 18.1 Å². The maximum atomic E-state index is 13.3. The van der Waals surface area contributed by atoms with Gasteiger partial charge in [-0.1, -0.05) is 5.92 Å². The summed E-state index contributed by atoms with van der Waals surface area (Å²) < 4.78 is 13.2. The van der Waals surface area contributed by atoms with Gasteiger partial charge in [0, 0.05) is 35.2 Å². The molecule has 0 aliphatic carbocycles. The number of aromatic nitrogens is 2. The van der Waals surface area contributed by atoms with Crippen molar-refractivity contribution in [2.24, 2.45) is 0 Å². The lowest BCUT2D eigenvalue weighted by molar-refractivity contribution is 0.0646. The predicted octanol–water partition coefficient (Wildman–Crippen LogP) is 4.35. The maximum absolute atomic E-state index is 13.3. The summed E-state index contributed by atoms with van der Waals surface area (Å²) in [5.74, 6) is 3.74. The fourth-order valence-electron chi connectivity index (χ4n) is 3.36. The second-order valence-corrected chi connectivity index (χ2v) is 8.87. The van der Waals surface area contributed by atoms with Gasteiger partial charge in [-0.25, -0.2) is 4.68 Å². The minimum atomic E-state index is -0.340. The number of rotatable bonds is 3. The molecule has 4 rings (SSSR count). The Morgan fingerprint density at radius 3 is 2.77 bits per heavy atom. The van der Waals surface area contributed by atoms with Gasteiger partial charge in [0.05, 0.1) is 24.1 Å². The summed E-state index contributed by atoms with van der Waals surface area (Å²) in [5.41, 5.74) is 3.92. The molecule has 1 amide bonds. The number of fused-ring (bicyclic) bond motifs is 3. The third-order valence-corrected chi connectivity index (χ3v) is 6.00. The number of terminal acetylenes is 1. The summed E-state index contributed by atoms with van der Waals surface area (Å²) >= 11 is 1.57. The van der Waals surface area contributed by atoms with Gasteiger partial charge in [0.25, 0.3) is 5.91 Å². The Kier molecular flexibility index (Phi) is 4.83. The Morgan fingerprint density at radius 2 is 2.17 bits per heavy atom. The molecule has 3 heterocycles. The highest BCUT2D eigenvalue weighted by Gasteiger charge is 2.34. The normalized spacial score (nSPS) is 12.4.